The zero-order valence-corrected chi connectivity index (χ0v) is 11.7. The molecule has 0 aliphatic heterocycles. The summed E-state index contributed by atoms with van der Waals surface area (Å²) in [6, 6.07) is 17.0. The smallest absolute Gasteiger partial charge is 0.00744 e. The summed E-state index contributed by atoms with van der Waals surface area (Å²) < 4.78 is 1.14. The fourth-order valence-electron chi connectivity index (χ4n) is 1.82. The standard InChI is InChI=1S/C16H15Br/c1-12-8-9-15(11-16(12)10-13(2)17)14-6-4-3-5-7-14/h3-11H,1-2H3/b13-10+. The van der Waals surface area contributed by atoms with Crippen LogP contribution >= 0.6 is 15.9 Å². The van der Waals surface area contributed by atoms with Crippen molar-refractivity contribution in [2.24, 2.45) is 0 Å². The van der Waals surface area contributed by atoms with Crippen molar-refractivity contribution in [3.8, 4) is 11.1 Å². The quantitative estimate of drug-likeness (QED) is 0.692. The van der Waals surface area contributed by atoms with Gasteiger partial charge in [-0.3, -0.25) is 0 Å². The SMILES string of the molecule is C/C(Br)=C\c1cc(-c2ccccc2)ccc1C. The van der Waals surface area contributed by atoms with E-state index < -0.39 is 0 Å². The fourth-order valence-corrected chi connectivity index (χ4v) is 2.07. The third-order valence-electron chi connectivity index (χ3n) is 2.74. The molecule has 0 aliphatic rings. The van der Waals surface area contributed by atoms with Gasteiger partial charge in [-0.15, -0.1) is 0 Å². The Labute approximate surface area is 111 Å². The first-order chi connectivity index (χ1) is 8.16. The van der Waals surface area contributed by atoms with Crippen molar-refractivity contribution < 1.29 is 0 Å². The highest BCUT2D eigenvalue weighted by molar-refractivity contribution is 9.11. The molecule has 0 aromatic heterocycles. The minimum atomic E-state index is 1.14. The molecule has 0 fully saturated rings. The number of hydrogen-bond donors (Lipinski definition) is 0. The molecule has 0 nitrogen and oxygen atoms in total. The maximum Gasteiger partial charge on any atom is -0.00744 e. The first-order valence-electron chi connectivity index (χ1n) is 5.67. The molecule has 0 amide bonds. The average molecular weight is 287 g/mol. The summed E-state index contributed by atoms with van der Waals surface area (Å²) in [5.41, 5.74) is 5.08. The molecule has 0 saturated heterocycles. The molecule has 0 aliphatic carbocycles. The van der Waals surface area contributed by atoms with Crippen LogP contribution in [-0.2, 0) is 0 Å². The summed E-state index contributed by atoms with van der Waals surface area (Å²) in [6.45, 7) is 4.19. The average Bonchev–Trinajstić information content (AvgIpc) is 2.32. The molecule has 0 unspecified atom stereocenters. The molecular weight excluding hydrogens is 272 g/mol. The minimum absolute atomic E-state index is 1.14. The van der Waals surface area contributed by atoms with Crippen LogP contribution in [0.15, 0.2) is 53.0 Å². The lowest BCUT2D eigenvalue weighted by molar-refractivity contribution is 1.43. The van der Waals surface area contributed by atoms with Crippen LogP contribution in [0.3, 0.4) is 0 Å². The summed E-state index contributed by atoms with van der Waals surface area (Å²) >= 11 is 3.49. The Balaban J connectivity index is 2.48. The fraction of sp³-hybridized carbons (Fsp3) is 0.125. The normalized spacial score (nSPS) is 11.6. The van der Waals surface area contributed by atoms with Gasteiger partial charge < -0.3 is 0 Å². The van der Waals surface area contributed by atoms with Gasteiger partial charge in [0, 0.05) is 0 Å². The Bertz CT molecular complexity index is 535. The van der Waals surface area contributed by atoms with Gasteiger partial charge in [0.1, 0.15) is 0 Å². The number of allylic oxidation sites excluding steroid dienone is 1. The van der Waals surface area contributed by atoms with Gasteiger partial charge >= 0.3 is 0 Å². The summed E-state index contributed by atoms with van der Waals surface area (Å²) in [6.07, 6.45) is 2.15. The third kappa shape index (κ3) is 3.07. The number of benzene rings is 2. The van der Waals surface area contributed by atoms with E-state index in [4.69, 9.17) is 0 Å². The summed E-state index contributed by atoms with van der Waals surface area (Å²) in [4.78, 5) is 0. The minimum Gasteiger partial charge on any atom is -0.0622 e. The molecule has 0 radical (unpaired) electrons. The van der Waals surface area contributed by atoms with Crippen LogP contribution in [0.4, 0.5) is 0 Å². The molecule has 2 aromatic rings. The van der Waals surface area contributed by atoms with Gasteiger partial charge in [-0.05, 0) is 52.7 Å². The van der Waals surface area contributed by atoms with Gasteiger partial charge in [-0.25, -0.2) is 0 Å². The highest BCUT2D eigenvalue weighted by atomic mass is 79.9. The van der Waals surface area contributed by atoms with Gasteiger partial charge in [-0.1, -0.05) is 58.4 Å². The number of hydrogen-bond acceptors (Lipinski definition) is 0. The van der Waals surface area contributed by atoms with E-state index in [0.717, 1.165) is 4.48 Å². The Morgan fingerprint density at radius 2 is 1.71 bits per heavy atom. The summed E-state index contributed by atoms with van der Waals surface area (Å²) in [5.74, 6) is 0. The largest absolute Gasteiger partial charge is 0.0622 e. The molecule has 0 heterocycles. The molecular formula is C16H15Br. The van der Waals surface area contributed by atoms with E-state index in [0.29, 0.717) is 0 Å². The van der Waals surface area contributed by atoms with Gasteiger partial charge in [-0.2, -0.15) is 0 Å². The maximum absolute atomic E-state index is 3.49. The molecule has 0 N–H and O–H groups in total. The van der Waals surface area contributed by atoms with Crippen molar-refractivity contribution in [2.45, 2.75) is 13.8 Å². The highest BCUT2D eigenvalue weighted by Crippen LogP contribution is 2.24. The Morgan fingerprint density at radius 3 is 2.35 bits per heavy atom. The van der Waals surface area contributed by atoms with Crippen molar-refractivity contribution in [1.82, 2.24) is 0 Å². The van der Waals surface area contributed by atoms with Crippen molar-refractivity contribution in [1.29, 1.82) is 0 Å². The van der Waals surface area contributed by atoms with E-state index in [-0.39, 0.29) is 0 Å². The van der Waals surface area contributed by atoms with E-state index in [1.807, 2.05) is 6.07 Å². The van der Waals surface area contributed by atoms with E-state index in [9.17, 15) is 0 Å². The van der Waals surface area contributed by atoms with Crippen molar-refractivity contribution in [3.63, 3.8) is 0 Å². The van der Waals surface area contributed by atoms with Crippen LogP contribution in [0.1, 0.15) is 18.1 Å². The van der Waals surface area contributed by atoms with E-state index in [1.54, 1.807) is 0 Å². The third-order valence-corrected chi connectivity index (χ3v) is 2.97. The van der Waals surface area contributed by atoms with Crippen molar-refractivity contribution in [2.75, 3.05) is 0 Å². The zero-order chi connectivity index (χ0) is 12.3. The molecule has 1 heteroatoms. The zero-order valence-electron chi connectivity index (χ0n) is 10.1. The van der Waals surface area contributed by atoms with Gasteiger partial charge in [0.05, 0.1) is 0 Å². The molecule has 0 spiro atoms. The molecule has 0 bridgehead atoms. The maximum atomic E-state index is 3.49. The predicted octanol–water partition coefficient (Wildman–Crippen LogP) is 5.42. The Hall–Kier alpha value is -1.34. The second-order valence-corrected chi connectivity index (χ2v) is 5.42. The van der Waals surface area contributed by atoms with Crippen LogP contribution in [0.2, 0.25) is 0 Å². The molecule has 17 heavy (non-hydrogen) atoms. The summed E-state index contributed by atoms with van der Waals surface area (Å²) in [5, 5.41) is 0. The Morgan fingerprint density at radius 1 is 1.00 bits per heavy atom. The van der Waals surface area contributed by atoms with Crippen molar-refractivity contribution >= 4 is 22.0 Å². The van der Waals surface area contributed by atoms with Crippen LogP contribution in [0, 0.1) is 6.92 Å². The molecule has 86 valence electrons. The van der Waals surface area contributed by atoms with Gasteiger partial charge in [0.25, 0.3) is 0 Å². The number of aryl methyl sites for hydroxylation is 1. The lowest BCUT2D eigenvalue weighted by Gasteiger charge is -2.06. The lowest BCUT2D eigenvalue weighted by atomic mass is 9.99. The second-order valence-electron chi connectivity index (χ2n) is 4.17. The number of halogens is 1. The molecule has 0 atom stereocenters. The lowest BCUT2D eigenvalue weighted by Crippen LogP contribution is -1.84. The topological polar surface area (TPSA) is 0 Å². The van der Waals surface area contributed by atoms with Crippen molar-refractivity contribution in [3.05, 3.63) is 64.1 Å². The highest BCUT2D eigenvalue weighted by Gasteiger charge is 2.00. The first-order valence-corrected chi connectivity index (χ1v) is 6.46. The second kappa shape index (κ2) is 5.33. The monoisotopic (exact) mass is 286 g/mol. The van der Waals surface area contributed by atoms with Gasteiger partial charge in [0.2, 0.25) is 0 Å². The summed E-state index contributed by atoms with van der Waals surface area (Å²) in [7, 11) is 0. The van der Waals surface area contributed by atoms with E-state index >= 15 is 0 Å². The van der Waals surface area contributed by atoms with E-state index in [2.05, 4.69) is 78.3 Å². The van der Waals surface area contributed by atoms with Crippen LogP contribution < -0.4 is 0 Å². The first kappa shape index (κ1) is 12.1. The van der Waals surface area contributed by atoms with Gasteiger partial charge in [0.15, 0.2) is 0 Å². The van der Waals surface area contributed by atoms with E-state index in [1.165, 1.54) is 22.3 Å². The molecule has 2 rings (SSSR count). The Kier molecular flexibility index (Phi) is 3.80. The number of rotatable bonds is 2. The van der Waals surface area contributed by atoms with Crippen LogP contribution in [0.5, 0.6) is 0 Å². The van der Waals surface area contributed by atoms with Crippen LogP contribution in [0.25, 0.3) is 17.2 Å². The molecule has 2 aromatic carbocycles. The van der Waals surface area contributed by atoms with Crippen LogP contribution in [-0.4, -0.2) is 0 Å². The predicted molar refractivity (Wildman–Crippen MR) is 79.2 cm³/mol. The molecule has 0 saturated carbocycles.